The summed E-state index contributed by atoms with van der Waals surface area (Å²) in [5.41, 5.74) is 0. The SMILES string of the molecule is CCCCCCCCCCCCC(=O)C1CC2CCC(C1)S2=O. The van der Waals surface area contributed by atoms with E-state index in [1.807, 2.05) is 0 Å². The van der Waals surface area contributed by atoms with Gasteiger partial charge in [0.15, 0.2) is 0 Å². The zero-order chi connectivity index (χ0) is 16.5. The highest BCUT2D eigenvalue weighted by Crippen LogP contribution is 2.39. The van der Waals surface area contributed by atoms with Crippen molar-refractivity contribution in [3.8, 4) is 0 Å². The number of carbonyl (C=O) groups is 1. The van der Waals surface area contributed by atoms with Crippen LogP contribution < -0.4 is 0 Å². The number of hydrogen-bond donors (Lipinski definition) is 0. The first-order chi connectivity index (χ1) is 11.2. The number of ketones is 1. The van der Waals surface area contributed by atoms with Crippen molar-refractivity contribution in [1.82, 2.24) is 0 Å². The standard InChI is InChI=1S/C20H36O2S/c1-2-3-4-5-6-7-8-9-10-11-12-20(21)17-15-18-13-14-19(16-17)23(18)22/h17-19H,2-16H2,1H3. The normalized spacial score (nSPS) is 29.8. The van der Waals surface area contributed by atoms with Crippen LogP contribution in [0.4, 0.5) is 0 Å². The molecule has 3 heteroatoms. The maximum absolute atomic E-state index is 12.4. The largest absolute Gasteiger partial charge is 0.299 e. The lowest BCUT2D eigenvalue weighted by atomic mass is 9.91. The molecule has 2 aliphatic rings. The van der Waals surface area contributed by atoms with Crippen LogP contribution in [0.15, 0.2) is 0 Å². The molecule has 0 aromatic heterocycles. The van der Waals surface area contributed by atoms with Crippen molar-refractivity contribution in [3.63, 3.8) is 0 Å². The molecule has 23 heavy (non-hydrogen) atoms. The van der Waals surface area contributed by atoms with Crippen LogP contribution in [0.2, 0.25) is 0 Å². The molecule has 2 nitrogen and oxygen atoms in total. The summed E-state index contributed by atoms with van der Waals surface area (Å²) in [7, 11) is -0.623. The molecular weight excluding hydrogens is 304 g/mol. The Morgan fingerprint density at radius 3 is 1.83 bits per heavy atom. The first-order valence-electron chi connectivity index (χ1n) is 10.1. The lowest BCUT2D eigenvalue weighted by molar-refractivity contribution is -0.123. The molecule has 2 saturated heterocycles. The van der Waals surface area contributed by atoms with Gasteiger partial charge in [0, 0.05) is 33.6 Å². The zero-order valence-corrected chi connectivity index (χ0v) is 15.9. The fraction of sp³-hybridized carbons (Fsp3) is 0.950. The predicted molar refractivity (Wildman–Crippen MR) is 99.1 cm³/mol. The second kappa shape index (κ2) is 10.6. The minimum absolute atomic E-state index is 0.240. The lowest BCUT2D eigenvalue weighted by Gasteiger charge is -2.26. The van der Waals surface area contributed by atoms with Crippen LogP contribution >= 0.6 is 0 Å². The van der Waals surface area contributed by atoms with Gasteiger partial charge in [-0.1, -0.05) is 64.7 Å². The molecule has 2 unspecified atom stereocenters. The summed E-state index contributed by atoms with van der Waals surface area (Å²) in [6.07, 6.45) is 18.0. The van der Waals surface area contributed by atoms with Gasteiger partial charge >= 0.3 is 0 Å². The van der Waals surface area contributed by atoms with Crippen LogP contribution in [-0.4, -0.2) is 20.5 Å². The molecule has 2 atom stereocenters. The summed E-state index contributed by atoms with van der Waals surface area (Å²) >= 11 is 0. The number of carbonyl (C=O) groups excluding carboxylic acids is 1. The van der Waals surface area contributed by atoms with Crippen molar-refractivity contribution in [2.24, 2.45) is 5.92 Å². The van der Waals surface area contributed by atoms with E-state index in [0.717, 1.165) is 38.5 Å². The Kier molecular flexibility index (Phi) is 8.86. The van der Waals surface area contributed by atoms with Gasteiger partial charge in [-0.05, 0) is 32.1 Å². The van der Waals surface area contributed by atoms with Crippen LogP contribution in [0.1, 0.15) is 103 Å². The molecule has 2 bridgehead atoms. The molecule has 2 aliphatic heterocycles. The Balaban J connectivity index is 1.45. The van der Waals surface area contributed by atoms with Gasteiger partial charge in [0.25, 0.3) is 0 Å². The Morgan fingerprint density at radius 2 is 1.30 bits per heavy atom. The third-order valence-corrected chi connectivity index (χ3v) is 7.97. The van der Waals surface area contributed by atoms with E-state index in [1.54, 1.807) is 0 Å². The minimum Gasteiger partial charge on any atom is -0.299 e. The maximum Gasteiger partial charge on any atom is 0.136 e. The molecule has 0 aliphatic carbocycles. The molecule has 0 aromatic rings. The molecule has 2 heterocycles. The van der Waals surface area contributed by atoms with Crippen LogP contribution in [-0.2, 0) is 15.6 Å². The molecule has 2 fully saturated rings. The van der Waals surface area contributed by atoms with E-state index in [4.69, 9.17) is 0 Å². The van der Waals surface area contributed by atoms with Gasteiger partial charge in [-0.15, -0.1) is 0 Å². The van der Waals surface area contributed by atoms with E-state index < -0.39 is 10.8 Å². The molecule has 2 rings (SSSR count). The van der Waals surface area contributed by atoms with Crippen molar-refractivity contribution in [2.75, 3.05) is 0 Å². The molecule has 0 aromatic carbocycles. The van der Waals surface area contributed by atoms with Crippen molar-refractivity contribution in [1.29, 1.82) is 0 Å². The van der Waals surface area contributed by atoms with Gasteiger partial charge < -0.3 is 0 Å². The third-order valence-electron chi connectivity index (χ3n) is 5.79. The minimum atomic E-state index is -0.623. The summed E-state index contributed by atoms with van der Waals surface area (Å²) in [6.45, 7) is 2.26. The van der Waals surface area contributed by atoms with Crippen molar-refractivity contribution in [2.45, 2.75) is 114 Å². The highest BCUT2D eigenvalue weighted by atomic mass is 32.2. The molecule has 134 valence electrons. The number of Topliss-reactive ketones (excluding diaryl/α,β-unsaturated/α-hetero) is 1. The quantitative estimate of drug-likeness (QED) is 0.436. The van der Waals surface area contributed by atoms with E-state index in [2.05, 4.69) is 6.92 Å². The zero-order valence-electron chi connectivity index (χ0n) is 15.1. The summed E-state index contributed by atoms with van der Waals surface area (Å²) in [6, 6.07) is 0. The van der Waals surface area contributed by atoms with Crippen LogP contribution in [0.25, 0.3) is 0 Å². The predicted octanol–water partition coefficient (Wildman–Crippen LogP) is 5.56. The van der Waals surface area contributed by atoms with Crippen LogP contribution in [0.5, 0.6) is 0 Å². The summed E-state index contributed by atoms with van der Waals surface area (Å²) in [5.74, 6) is 0.710. The van der Waals surface area contributed by atoms with E-state index in [0.29, 0.717) is 16.3 Å². The Bertz CT molecular complexity index is 364. The van der Waals surface area contributed by atoms with Crippen molar-refractivity contribution >= 4 is 16.6 Å². The van der Waals surface area contributed by atoms with Gasteiger partial charge in [-0.25, -0.2) is 0 Å². The van der Waals surface area contributed by atoms with E-state index in [-0.39, 0.29) is 5.92 Å². The van der Waals surface area contributed by atoms with Gasteiger partial charge in [0.2, 0.25) is 0 Å². The topological polar surface area (TPSA) is 34.1 Å². The Hall–Kier alpha value is -0.180. The summed E-state index contributed by atoms with van der Waals surface area (Å²) < 4.78 is 12.0. The van der Waals surface area contributed by atoms with E-state index >= 15 is 0 Å². The monoisotopic (exact) mass is 340 g/mol. The van der Waals surface area contributed by atoms with E-state index in [9.17, 15) is 9.00 Å². The number of hydrogen-bond acceptors (Lipinski definition) is 2. The first kappa shape index (κ1) is 19.1. The van der Waals surface area contributed by atoms with Gasteiger partial charge in [-0.2, -0.15) is 0 Å². The third kappa shape index (κ3) is 6.32. The Labute approximate surface area is 145 Å². The second-order valence-corrected chi connectivity index (χ2v) is 9.71. The average molecular weight is 341 g/mol. The maximum atomic E-state index is 12.4. The van der Waals surface area contributed by atoms with Crippen LogP contribution in [0.3, 0.4) is 0 Å². The number of unbranched alkanes of at least 4 members (excludes halogenated alkanes) is 9. The van der Waals surface area contributed by atoms with Gasteiger partial charge in [0.05, 0.1) is 0 Å². The molecule has 0 spiro atoms. The van der Waals surface area contributed by atoms with Crippen LogP contribution in [0, 0.1) is 5.92 Å². The molecule has 0 radical (unpaired) electrons. The highest BCUT2D eigenvalue weighted by Gasteiger charge is 2.42. The smallest absolute Gasteiger partial charge is 0.136 e. The summed E-state index contributed by atoms with van der Waals surface area (Å²) in [4.78, 5) is 12.4. The lowest BCUT2D eigenvalue weighted by Crippen LogP contribution is -2.32. The molecular formula is C20H36O2S. The van der Waals surface area contributed by atoms with Gasteiger partial charge in [-0.3, -0.25) is 9.00 Å². The van der Waals surface area contributed by atoms with Crippen molar-refractivity contribution in [3.05, 3.63) is 0 Å². The first-order valence-corrected chi connectivity index (χ1v) is 11.4. The summed E-state index contributed by atoms with van der Waals surface area (Å²) in [5, 5.41) is 0.686. The molecule has 0 N–H and O–H groups in total. The Morgan fingerprint density at radius 1 is 0.826 bits per heavy atom. The number of rotatable bonds is 12. The molecule has 0 amide bonds. The highest BCUT2D eigenvalue weighted by molar-refractivity contribution is 7.86. The second-order valence-electron chi connectivity index (χ2n) is 7.72. The number of fused-ring (bicyclic) bond motifs is 2. The van der Waals surface area contributed by atoms with Gasteiger partial charge in [0.1, 0.15) is 5.78 Å². The molecule has 0 saturated carbocycles. The fourth-order valence-electron chi connectivity index (χ4n) is 4.29. The van der Waals surface area contributed by atoms with Crippen molar-refractivity contribution < 1.29 is 9.00 Å². The van der Waals surface area contributed by atoms with E-state index in [1.165, 1.54) is 57.8 Å². The fourth-order valence-corrected chi connectivity index (χ4v) is 6.41. The average Bonchev–Trinajstić information content (AvgIpc) is 2.77.